The number of guanidine groups is 1. The van der Waals surface area contributed by atoms with Crippen LogP contribution in [0.25, 0.3) is 0 Å². The summed E-state index contributed by atoms with van der Waals surface area (Å²) in [6.07, 6.45) is -0.560. The monoisotopic (exact) mass is 487 g/mol. The van der Waals surface area contributed by atoms with Crippen LogP contribution in [0.15, 0.2) is 47.5 Å². The Balaban J connectivity index is 1.39. The number of fused-ring (bicyclic) bond motifs is 3. The molecule has 0 saturated carbocycles. The standard InChI is InChI=1S/C23H23Cl2N5O3/c1-3-33-16-7-5-15(6-8-16)28-10-11-29-19-20(26-22(28)29)27(2)23(32)30(21(19)31)13-14-4-9-17(24)18(25)12-14/h4-9,12,19-20H,3,10-11,13H2,1-2H3. The molecule has 0 aliphatic carbocycles. The number of carbonyl (C=O) groups excluding carboxylic acids is 2. The third-order valence-electron chi connectivity index (χ3n) is 6.16. The third-order valence-corrected chi connectivity index (χ3v) is 6.90. The van der Waals surface area contributed by atoms with Crippen LogP contribution in [0, 0.1) is 0 Å². The minimum Gasteiger partial charge on any atom is -0.494 e. The van der Waals surface area contributed by atoms with Crippen molar-refractivity contribution in [3.8, 4) is 5.75 Å². The van der Waals surface area contributed by atoms with Crippen molar-refractivity contribution in [3.05, 3.63) is 58.1 Å². The van der Waals surface area contributed by atoms with Gasteiger partial charge in [0.15, 0.2) is 12.2 Å². The highest BCUT2D eigenvalue weighted by Gasteiger charge is 2.54. The Morgan fingerprint density at radius 3 is 2.52 bits per heavy atom. The number of amides is 3. The number of benzene rings is 2. The number of imide groups is 1. The van der Waals surface area contributed by atoms with Crippen LogP contribution in [0.3, 0.4) is 0 Å². The molecule has 10 heteroatoms. The maximum Gasteiger partial charge on any atom is 0.328 e. The Hall–Kier alpha value is -2.97. The van der Waals surface area contributed by atoms with Crippen LogP contribution < -0.4 is 9.64 Å². The molecule has 0 radical (unpaired) electrons. The first-order valence-electron chi connectivity index (χ1n) is 10.8. The molecule has 0 N–H and O–H groups in total. The maximum atomic E-state index is 13.5. The molecule has 2 atom stereocenters. The quantitative estimate of drug-likeness (QED) is 0.643. The normalized spacial score (nSPS) is 22.0. The summed E-state index contributed by atoms with van der Waals surface area (Å²) in [5.74, 6) is 1.25. The summed E-state index contributed by atoms with van der Waals surface area (Å²) in [4.78, 5) is 38.2. The molecule has 5 rings (SSSR count). The van der Waals surface area contributed by atoms with Crippen LogP contribution in [0.4, 0.5) is 10.5 Å². The van der Waals surface area contributed by atoms with Gasteiger partial charge in [0.1, 0.15) is 5.75 Å². The largest absolute Gasteiger partial charge is 0.494 e. The van der Waals surface area contributed by atoms with E-state index in [-0.39, 0.29) is 18.5 Å². The first kappa shape index (κ1) is 21.9. The number of hydrogen-bond donors (Lipinski definition) is 0. The molecule has 2 aromatic carbocycles. The van der Waals surface area contributed by atoms with E-state index >= 15 is 0 Å². The molecule has 0 bridgehead atoms. The summed E-state index contributed by atoms with van der Waals surface area (Å²) < 4.78 is 5.53. The molecule has 2 aromatic rings. The molecular weight excluding hydrogens is 465 g/mol. The van der Waals surface area contributed by atoms with Crippen molar-refractivity contribution in [2.45, 2.75) is 25.7 Å². The second kappa shape index (κ2) is 8.43. The van der Waals surface area contributed by atoms with Crippen LogP contribution in [0.1, 0.15) is 12.5 Å². The Morgan fingerprint density at radius 1 is 1.06 bits per heavy atom. The highest BCUT2D eigenvalue weighted by Crippen LogP contribution is 2.34. The molecule has 3 amide bonds. The predicted octanol–water partition coefficient (Wildman–Crippen LogP) is 3.67. The van der Waals surface area contributed by atoms with E-state index in [0.29, 0.717) is 35.7 Å². The van der Waals surface area contributed by atoms with Gasteiger partial charge >= 0.3 is 6.03 Å². The molecule has 172 valence electrons. The average Bonchev–Trinajstić information content (AvgIpc) is 3.38. The van der Waals surface area contributed by atoms with Crippen molar-refractivity contribution in [1.29, 1.82) is 0 Å². The van der Waals surface area contributed by atoms with Gasteiger partial charge in [-0.05, 0) is 48.9 Å². The van der Waals surface area contributed by atoms with Crippen LogP contribution in [0.2, 0.25) is 10.0 Å². The van der Waals surface area contributed by atoms with Gasteiger partial charge < -0.3 is 19.4 Å². The fourth-order valence-electron chi connectivity index (χ4n) is 4.54. The number of urea groups is 1. The zero-order valence-corrected chi connectivity index (χ0v) is 19.8. The molecule has 2 saturated heterocycles. The van der Waals surface area contributed by atoms with Crippen molar-refractivity contribution >= 4 is 46.8 Å². The van der Waals surface area contributed by atoms with E-state index in [0.717, 1.165) is 17.0 Å². The van der Waals surface area contributed by atoms with Crippen molar-refractivity contribution in [2.75, 3.05) is 31.6 Å². The average molecular weight is 488 g/mol. The van der Waals surface area contributed by atoms with Gasteiger partial charge in [0.05, 0.1) is 23.2 Å². The lowest BCUT2D eigenvalue weighted by Gasteiger charge is -2.40. The second-order valence-corrected chi connectivity index (χ2v) is 8.94. The Kier molecular flexibility index (Phi) is 5.58. The third kappa shape index (κ3) is 3.67. The lowest BCUT2D eigenvalue weighted by atomic mass is 10.1. The van der Waals surface area contributed by atoms with Crippen molar-refractivity contribution in [1.82, 2.24) is 14.7 Å². The van der Waals surface area contributed by atoms with Crippen LogP contribution in [-0.2, 0) is 11.3 Å². The minimum atomic E-state index is -0.560. The van der Waals surface area contributed by atoms with E-state index in [9.17, 15) is 9.59 Å². The molecule has 0 aromatic heterocycles. The van der Waals surface area contributed by atoms with Crippen LogP contribution in [-0.4, -0.2) is 71.5 Å². The highest BCUT2D eigenvalue weighted by atomic mass is 35.5. The minimum absolute atomic E-state index is 0.119. The summed E-state index contributed by atoms with van der Waals surface area (Å²) >= 11 is 12.1. The highest BCUT2D eigenvalue weighted by molar-refractivity contribution is 6.42. The van der Waals surface area contributed by atoms with Gasteiger partial charge in [0.25, 0.3) is 5.91 Å². The van der Waals surface area contributed by atoms with Crippen molar-refractivity contribution in [2.24, 2.45) is 4.99 Å². The number of likely N-dealkylation sites (N-methyl/N-ethyl adjacent to an activating group) is 1. The van der Waals surface area contributed by atoms with E-state index in [4.69, 9.17) is 32.9 Å². The summed E-state index contributed by atoms with van der Waals surface area (Å²) in [5.41, 5.74) is 1.70. The molecular formula is C23H23Cl2N5O3. The van der Waals surface area contributed by atoms with Crippen molar-refractivity contribution < 1.29 is 14.3 Å². The lowest BCUT2D eigenvalue weighted by molar-refractivity contribution is -0.137. The van der Waals surface area contributed by atoms with Gasteiger partial charge in [0.2, 0.25) is 5.96 Å². The fourth-order valence-corrected chi connectivity index (χ4v) is 4.86. The topological polar surface area (TPSA) is 68.7 Å². The van der Waals surface area contributed by atoms with Gasteiger partial charge in [-0.15, -0.1) is 0 Å². The number of anilines is 1. The fraction of sp³-hybridized carbons (Fsp3) is 0.348. The van der Waals surface area contributed by atoms with Gasteiger partial charge in [-0.1, -0.05) is 29.3 Å². The van der Waals surface area contributed by atoms with Gasteiger partial charge in [-0.2, -0.15) is 0 Å². The molecule has 2 fully saturated rings. The number of rotatable bonds is 5. The first-order chi connectivity index (χ1) is 15.9. The second-order valence-electron chi connectivity index (χ2n) is 8.13. The molecule has 2 unspecified atom stereocenters. The molecule has 3 aliphatic rings. The van der Waals surface area contributed by atoms with Crippen LogP contribution >= 0.6 is 23.2 Å². The van der Waals surface area contributed by atoms with Crippen molar-refractivity contribution in [3.63, 3.8) is 0 Å². The molecule has 33 heavy (non-hydrogen) atoms. The Bertz CT molecular complexity index is 1140. The first-order valence-corrected chi connectivity index (χ1v) is 11.5. The van der Waals surface area contributed by atoms with Crippen LogP contribution in [0.5, 0.6) is 5.75 Å². The van der Waals surface area contributed by atoms with E-state index in [1.165, 1.54) is 9.80 Å². The molecule has 3 aliphatic heterocycles. The Labute approximate surface area is 201 Å². The number of aliphatic imine (C=N–C) groups is 1. The summed E-state index contributed by atoms with van der Waals surface area (Å²) in [7, 11) is 1.68. The van der Waals surface area contributed by atoms with Gasteiger partial charge in [-0.25, -0.2) is 9.79 Å². The van der Waals surface area contributed by atoms with E-state index in [1.807, 2.05) is 36.1 Å². The maximum absolute atomic E-state index is 13.5. The molecule has 3 heterocycles. The number of nitrogens with zero attached hydrogens (tertiary/aromatic N) is 5. The number of ether oxygens (including phenoxy) is 1. The molecule has 0 spiro atoms. The number of halogens is 2. The van der Waals surface area contributed by atoms with Gasteiger partial charge in [0, 0.05) is 25.8 Å². The Morgan fingerprint density at radius 2 is 1.82 bits per heavy atom. The summed E-state index contributed by atoms with van der Waals surface area (Å²) in [6, 6.07) is 12.0. The van der Waals surface area contributed by atoms with E-state index in [1.54, 1.807) is 25.2 Å². The zero-order valence-electron chi connectivity index (χ0n) is 18.2. The predicted molar refractivity (Wildman–Crippen MR) is 127 cm³/mol. The van der Waals surface area contributed by atoms with E-state index < -0.39 is 12.2 Å². The summed E-state index contributed by atoms with van der Waals surface area (Å²) in [6.45, 7) is 4.01. The van der Waals surface area contributed by atoms with Gasteiger partial charge in [-0.3, -0.25) is 9.69 Å². The zero-order chi connectivity index (χ0) is 23.3. The number of carbonyl (C=O) groups is 2. The van der Waals surface area contributed by atoms with E-state index in [2.05, 4.69) is 4.90 Å². The SMILES string of the molecule is CCOc1ccc(N2CCN3C2=NC2C3C(=O)N(Cc3ccc(Cl)c(Cl)c3)C(=O)N2C)cc1. The summed E-state index contributed by atoms with van der Waals surface area (Å²) in [5, 5.41) is 0.809. The molecule has 8 nitrogen and oxygen atoms in total. The smallest absolute Gasteiger partial charge is 0.328 e. The lowest BCUT2D eigenvalue weighted by Crippen LogP contribution is -2.64. The number of hydrogen-bond acceptors (Lipinski definition) is 6.